The third-order valence-corrected chi connectivity index (χ3v) is 2.39. The number of nitrogens with one attached hydrogen (secondary N) is 1. The number of aromatic carboxylic acids is 1. The molecule has 0 fully saturated rings. The van der Waals surface area contributed by atoms with Crippen molar-refractivity contribution in [2.24, 2.45) is 0 Å². The summed E-state index contributed by atoms with van der Waals surface area (Å²) >= 11 is 0. The Bertz CT molecular complexity index is 704. The highest BCUT2D eigenvalue weighted by Crippen LogP contribution is 2.21. The van der Waals surface area contributed by atoms with Crippen LogP contribution < -0.4 is 0 Å². The van der Waals surface area contributed by atoms with Crippen LogP contribution in [0.1, 0.15) is 10.6 Å². The summed E-state index contributed by atoms with van der Waals surface area (Å²) in [5.41, 5.74) is 1.42. The fraction of sp³-hybridized carbons (Fsp3) is 0. The van der Waals surface area contributed by atoms with E-state index < -0.39 is 5.97 Å². The smallest absolute Gasteiger partial charge is 0.371 e. The Morgan fingerprint density at radius 3 is 3.00 bits per heavy atom. The molecule has 1 aromatic carbocycles. The van der Waals surface area contributed by atoms with E-state index in [1.807, 2.05) is 12.1 Å². The average molecular weight is 214 g/mol. The first-order valence-electron chi connectivity index (χ1n) is 4.58. The number of nitrogens with zero attached hydrogens (tertiary/aromatic N) is 3. The highest BCUT2D eigenvalue weighted by molar-refractivity contribution is 6.04. The number of rotatable bonds is 1. The van der Waals surface area contributed by atoms with Crippen molar-refractivity contribution in [3.8, 4) is 0 Å². The molecule has 6 nitrogen and oxygen atoms in total. The van der Waals surface area contributed by atoms with E-state index in [1.165, 1.54) is 6.20 Å². The average Bonchev–Trinajstić information content (AvgIpc) is 2.76. The van der Waals surface area contributed by atoms with Gasteiger partial charge in [0.25, 0.3) is 0 Å². The van der Waals surface area contributed by atoms with E-state index in [9.17, 15) is 4.79 Å². The number of carbonyl (C=O) groups is 1. The molecule has 0 saturated carbocycles. The molecule has 0 aliphatic rings. The standard InChI is InChI=1S/C10H6N4O2/c15-10(16)9-11-3-5-1-2-7-6(4-12-14-7)8(5)13-9/h1-4H,(H,11,13)(H,15,16). The third-order valence-electron chi connectivity index (χ3n) is 2.39. The van der Waals surface area contributed by atoms with Crippen LogP contribution in [0.4, 0.5) is 0 Å². The van der Waals surface area contributed by atoms with Crippen molar-refractivity contribution in [1.29, 1.82) is 0 Å². The first-order chi connectivity index (χ1) is 7.75. The van der Waals surface area contributed by atoms with Crippen LogP contribution in [0.3, 0.4) is 0 Å². The van der Waals surface area contributed by atoms with Gasteiger partial charge in [-0.15, -0.1) is 0 Å². The number of carboxylic acid groups (broad SMARTS) is 1. The second-order valence-electron chi connectivity index (χ2n) is 3.34. The molecule has 6 heteroatoms. The van der Waals surface area contributed by atoms with Crippen molar-refractivity contribution < 1.29 is 9.90 Å². The van der Waals surface area contributed by atoms with Gasteiger partial charge < -0.3 is 10.1 Å². The molecule has 0 aliphatic carbocycles. The molecule has 0 unspecified atom stereocenters. The van der Waals surface area contributed by atoms with Gasteiger partial charge in [0.05, 0.1) is 17.2 Å². The predicted molar refractivity (Wildman–Crippen MR) is 56.1 cm³/mol. The largest absolute Gasteiger partial charge is 0.475 e. The Balaban J connectivity index is 2.46. The fourth-order valence-electron chi connectivity index (χ4n) is 1.63. The van der Waals surface area contributed by atoms with Crippen molar-refractivity contribution in [1.82, 2.24) is 20.2 Å². The number of fused-ring (bicyclic) bond motifs is 3. The van der Waals surface area contributed by atoms with Crippen LogP contribution in [0.5, 0.6) is 0 Å². The van der Waals surface area contributed by atoms with Crippen LogP contribution in [0.2, 0.25) is 0 Å². The molecule has 2 aromatic heterocycles. The van der Waals surface area contributed by atoms with E-state index in [2.05, 4.69) is 20.2 Å². The molecule has 0 bridgehead atoms. The fourth-order valence-corrected chi connectivity index (χ4v) is 1.63. The summed E-state index contributed by atoms with van der Waals surface area (Å²) in [5.74, 6) is -1.19. The van der Waals surface area contributed by atoms with Gasteiger partial charge in [0.1, 0.15) is 0 Å². The van der Waals surface area contributed by atoms with Crippen LogP contribution in [0, 0.1) is 0 Å². The Morgan fingerprint density at radius 2 is 2.19 bits per heavy atom. The molecule has 78 valence electrons. The minimum atomic E-state index is -1.09. The number of hydrogen-bond donors (Lipinski definition) is 2. The van der Waals surface area contributed by atoms with Gasteiger partial charge in [-0.3, -0.25) is 0 Å². The van der Waals surface area contributed by atoms with Crippen molar-refractivity contribution in [2.45, 2.75) is 0 Å². The summed E-state index contributed by atoms with van der Waals surface area (Å²) < 4.78 is 0. The van der Waals surface area contributed by atoms with Gasteiger partial charge in [-0.25, -0.2) is 9.78 Å². The maximum atomic E-state index is 10.8. The van der Waals surface area contributed by atoms with Crippen LogP contribution in [0.25, 0.3) is 21.8 Å². The van der Waals surface area contributed by atoms with Crippen LogP contribution in [0.15, 0.2) is 24.5 Å². The normalized spacial score (nSPS) is 11.0. The van der Waals surface area contributed by atoms with Crippen LogP contribution in [-0.2, 0) is 0 Å². The minimum absolute atomic E-state index is 0.0961. The van der Waals surface area contributed by atoms with E-state index in [4.69, 9.17) is 5.11 Å². The molecule has 3 rings (SSSR count). The van der Waals surface area contributed by atoms with Gasteiger partial charge in [-0.1, -0.05) is 0 Å². The molecule has 0 radical (unpaired) electrons. The van der Waals surface area contributed by atoms with Gasteiger partial charge in [0, 0.05) is 17.0 Å². The number of hydrogen-bond acceptors (Lipinski definition) is 4. The van der Waals surface area contributed by atoms with Crippen molar-refractivity contribution in [3.05, 3.63) is 30.4 Å². The lowest BCUT2D eigenvalue weighted by Crippen LogP contribution is -2.03. The summed E-state index contributed by atoms with van der Waals surface area (Å²) in [6.07, 6.45) is 3.11. The van der Waals surface area contributed by atoms with E-state index in [-0.39, 0.29) is 5.82 Å². The summed E-state index contributed by atoms with van der Waals surface area (Å²) in [4.78, 5) is 17.4. The highest BCUT2D eigenvalue weighted by Gasteiger charge is 2.08. The Hall–Kier alpha value is -2.50. The molecular weight excluding hydrogens is 208 g/mol. The number of aromatic amines is 1. The lowest BCUT2D eigenvalue weighted by Gasteiger charge is -2.00. The number of carboxylic acids is 1. The summed E-state index contributed by atoms with van der Waals surface area (Å²) in [6, 6.07) is 3.64. The predicted octanol–water partition coefficient (Wildman–Crippen LogP) is 1.20. The van der Waals surface area contributed by atoms with Gasteiger partial charge in [0.15, 0.2) is 0 Å². The Morgan fingerprint density at radius 1 is 1.31 bits per heavy atom. The van der Waals surface area contributed by atoms with Gasteiger partial charge in [0.2, 0.25) is 5.82 Å². The van der Waals surface area contributed by atoms with Crippen molar-refractivity contribution >= 4 is 27.8 Å². The topological polar surface area (TPSA) is 91.8 Å². The van der Waals surface area contributed by atoms with Crippen LogP contribution >= 0.6 is 0 Å². The Kier molecular flexibility index (Phi) is 1.64. The maximum Gasteiger partial charge on any atom is 0.371 e. The van der Waals surface area contributed by atoms with Crippen molar-refractivity contribution in [2.75, 3.05) is 0 Å². The van der Waals surface area contributed by atoms with E-state index >= 15 is 0 Å². The van der Waals surface area contributed by atoms with Gasteiger partial charge in [-0.05, 0) is 12.1 Å². The van der Waals surface area contributed by atoms with E-state index in [0.717, 1.165) is 16.3 Å². The molecule has 2 N–H and O–H groups in total. The third kappa shape index (κ3) is 1.13. The van der Waals surface area contributed by atoms with Crippen molar-refractivity contribution in [3.63, 3.8) is 0 Å². The van der Waals surface area contributed by atoms with Gasteiger partial charge in [-0.2, -0.15) is 10.2 Å². The molecule has 16 heavy (non-hydrogen) atoms. The Labute approximate surface area is 89.0 Å². The first-order valence-corrected chi connectivity index (χ1v) is 4.58. The van der Waals surface area contributed by atoms with Gasteiger partial charge >= 0.3 is 5.97 Å². The molecule has 0 saturated heterocycles. The lowest BCUT2D eigenvalue weighted by molar-refractivity contribution is 0.0684. The highest BCUT2D eigenvalue weighted by atomic mass is 16.4. The molecule has 0 spiro atoms. The summed E-state index contributed by atoms with van der Waals surface area (Å²) in [5, 5.41) is 18.2. The summed E-state index contributed by atoms with van der Waals surface area (Å²) in [6.45, 7) is 0. The summed E-state index contributed by atoms with van der Waals surface area (Å²) in [7, 11) is 0. The zero-order chi connectivity index (χ0) is 11.1. The SMILES string of the molecule is O=C(O)c1ncc2ccc3nncc3c2[nH]1. The second kappa shape index (κ2) is 2.99. The molecule has 2 heterocycles. The lowest BCUT2D eigenvalue weighted by atomic mass is 10.2. The number of benzene rings is 1. The minimum Gasteiger partial charge on any atom is -0.475 e. The first kappa shape index (κ1) is 8.78. The van der Waals surface area contributed by atoms with E-state index in [1.54, 1.807) is 6.20 Å². The van der Waals surface area contributed by atoms with E-state index in [0.29, 0.717) is 5.52 Å². The molecule has 0 amide bonds. The molecular formula is C10H6N4O2. The molecule has 3 aromatic rings. The number of aromatic nitrogens is 4. The maximum absolute atomic E-state index is 10.8. The second-order valence-corrected chi connectivity index (χ2v) is 3.34. The van der Waals surface area contributed by atoms with Crippen LogP contribution in [-0.4, -0.2) is 31.2 Å². The quantitative estimate of drug-likeness (QED) is 0.635. The zero-order valence-corrected chi connectivity index (χ0v) is 8.01. The monoisotopic (exact) mass is 214 g/mol. The zero-order valence-electron chi connectivity index (χ0n) is 8.01. The number of H-pyrrole nitrogens is 1. The molecule has 0 aliphatic heterocycles. The molecule has 0 atom stereocenters.